The molecule has 0 spiro atoms. The molecule has 2 rings (SSSR count). The van der Waals surface area contributed by atoms with Crippen LogP contribution in [0.4, 0.5) is 0 Å². The Morgan fingerprint density at radius 1 is 1.35 bits per heavy atom. The Labute approximate surface area is 120 Å². The van der Waals surface area contributed by atoms with E-state index in [0.717, 1.165) is 29.1 Å². The molecule has 4 heteroatoms. The van der Waals surface area contributed by atoms with Gasteiger partial charge < -0.3 is 14.4 Å². The van der Waals surface area contributed by atoms with E-state index in [1.807, 2.05) is 37.5 Å². The van der Waals surface area contributed by atoms with Crippen LogP contribution >= 0.6 is 0 Å². The first-order chi connectivity index (χ1) is 9.65. The summed E-state index contributed by atoms with van der Waals surface area (Å²) in [5.74, 6) is 1.92. The van der Waals surface area contributed by atoms with E-state index in [0.29, 0.717) is 13.2 Å². The van der Waals surface area contributed by atoms with Gasteiger partial charge in [0, 0.05) is 24.4 Å². The summed E-state index contributed by atoms with van der Waals surface area (Å²) in [7, 11) is 0. The third kappa shape index (κ3) is 3.20. The number of benzene rings is 1. The first-order valence-corrected chi connectivity index (χ1v) is 7.09. The Kier molecular flexibility index (Phi) is 4.79. The maximum atomic E-state index is 9.74. The van der Waals surface area contributed by atoms with Crippen LogP contribution < -0.4 is 4.74 Å². The maximum Gasteiger partial charge on any atom is 0.124 e. The van der Waals surface area contributed by atoms with E-state index in [1.165, 1.54) is 0 Å². The highest BCUT2D eigenvalue weighted by Crippen LogP contribution is 2.25. The van der Waals surface area contributed by atoms with Crippen molar-refractivity contribution in [3.8, 4) is 5.75 Å². The number of hydrogen-bond acceptors (Lipinski definition) is 3. The molecular formula is C16H22N2O2. The third-order valence-electron chi connectivity index (χ3n) is 3.33. The lowest BCUT2D eigenvalue weighted by Gasteiger charge is -2.15. The highest BCUT2D eigenvalue weighted by molar-refractivity contribution is 5.38. The first kappa shape index (κ1) is 14.6. The molecule has 1 unspecified atom stereocenters. The van der Waals surface area contributed by atoms with Gasteiger partial charge in [-0.1, -0.05) is 13.0 Å². The number of hydrogen-bond donors (Lipinski definition) is 1. The molecule has 1 N–H and O–H groups in total. The zero-order valence-corrected chi connectivity index (χ0v) is 12.3. The molecule has 4 nitrogen and oxygen atoms in total. The summed E-state index contributed by atoms with van der Waals surface area (Å²) in [5.41, 5.74) is 1.97. The zero-order valence-electron chi connectivity index (χ0n) is 12.3. The van der Waals surface area contributed by atoms with E-state index in [2.05, 4.69) is 16.5 Å². The van der Waals surface area contributed by atoms with Crippen LogP contribution in [0.3, 0.4) is 0 Å². The Bertz CT molecular complexity index is 561. The predicted octanol–water partition coefficient (Wildman–Crippen LogP) is 2.95. The van der Waals surface area contributed by atoms with Gasteiger partial charge in [-0.25, -0.2) is 4.98 Å². The summed E-state index contributed by atoms with van der Waals surface area (Å²) in [6, 6.07) is 5.85. The highest BCUT2D eigenvalue weighted by Gasteiger charge is 2.10. The van der Waals surface area contributed by atoms with Crippen LogP contribution in [0.25, 0.3) is 0 Å². The standard InChI is InChI=1S/C16H22N2O2/c1-4-16-17-8-9-18(16)11-14-10-13(12(3)19)6-7-15(14)20-5-2/h6-10,12,19H,4-5,11H2,1-3H3. The third-order valence-corrected chi connectivity index (χ3v) is 3.33. The van der Waals surface area contributed by atoms with E-state index >= 15 is 0 Å². The molecule has 0 aliphatic rings. The first-order valence-electron chi connectivity index (χ1n) is 7.09. The van der Waals surface area contributed by atoms with Crippen LogP contribution in [0.2, 0.25) is 0 Å². The molecule has 0 fully saturated rings. The lowest BCUT2D eigenvalue weighted by Crippen LogP contribution is -2.07. The van der Waals surface area contributed by atoms with Gasteiger partial charge >= 0.3 is 0 Å². The molecule has 1 atom stereocenters. The van der Waals surface area contributed by atoms with E-state index in [4.69, 9.17) is 4.74 Å². The molecule has 0 saturated carbocycles. The van der Waals surface area contributed by atoms with Crippen molar-refractivity contribution in [3.63, 3.8) is 0 Å². The second kappa shape index (κ2) is 6.57. The fourth-order valence-corrected chi connectivity index (χ4v) is 2.26. The zero-order chi connectivity index (χ0) is 14.5. The highest BCUT2D eigenvalue weighted by atomic mass is 16.5. The predicted molar refractivity (Wildman–Crippen MR) is 79.0 cm³/mol. The average Bonchev–Trinajstić information content (AvgIpc) is 2.88. The molecule has 2 aromatic rings. The van der Waals surface area contributed by atoms with Gasteiger partial charge in [-0.3, -0.25) is 0 Å². The minimum atomic E-state index is -0.474. The van der Waals surface area contributed by atoms with Gasteiger partial charge in [0.25, 0.3) is 0 Å². The van der Waals surface area contributed by atoms with Crippen molar-refractivity contribution in [2.24, 2.45) is 0 Å². The van der Waals surface area contributed by atoms with Crippen LogP contribution in [-0.2, 0) is 13.0 Å². The minimum Gasteiger partial charge on any atom is -0.494 e. The molecule has 0 aliphatic heterocycles. The molecular weight excluding hydrogens is 252 g/mol. The summed E-state index contributed by atoms with van der Waals surface area (Å²) in [6.45, 7) is 7.17. The lowest BCUT2D eigenvalue weighted by molar-refractivity contribution is 0.199. The second-order valence-corrected chi connectivity index (χ2v) is 4.80. The summed E-state index contributed by atoms with van der Waals surface area (Å²) < 4.78 is 7.79. The Balaban J connectivity index is 2.34. The molecule has 1 heterocycles. The van der Waals surface area contributed by atoms with E-state index in [9.17, 15) is 5.11 Å². The smallest absolute Gasteiger partial charge is 0.124 e. The summed E-state index contributed by atoms with van der Waals surface area (Å²) in [5, 5.41) is 9.74. The number of imidazole rings is 1. The Hall–Kier alpha value is -1.81. The van der Waals surface area contributed by atoms with Crippen molar-refractivity contribution in [1.82, 2.24) is 9.55 Å². The molecule has 0 saturated heterocycles. The Morgan fingerprint density at radius 2 is 2.15 bits per heavy atom. The quantitative estimate of drug-likeness (QED) is 0.881. The molecule has 1 aromatic carbocycles. The van der Waals surface area contributed by atoms with Gasteiger partial charge in [0.05, 0.1) is 19.3 Å². The number of aliphatic hydroxyl groups excluding tert-OH is 1. The largest absolute Gasteiger partial charge is 0.494 e. The van der Waals surface area contributed by atoms with Crippen LogP contribution in [0.15, 0.2) is 30.6 Å². The average molecular weight is 274 g/mol. The molecule has 0 aliphatic carbocycles. The van der Waals surface area contributed by atoms with Gasteiger partial charge in [0.2, 0.25) is 0 Å². The Morgan fingerprint density at radius 3 is 2.80 bits per heavy atom. The van der Waals surface area contributed by atoms with Gasteiger partial charge in [-0.2, -0.15) is 0 Å². The molecule has 1 aromatic heterocycles. The summed E-state index contributed by atoms with van der Waals surface area (Å²) >= 11 is 0. The van der Waals surface area contributed by atoms with E-state index in [-0.39, 0.29) is 0 Å². The number of rotatable bonds is 6. The van der Waals surface area contributed by atoms with Crippen LogP contribution in [0.5, 0.6) is 5.75 Å². The SMILES string of the molecule is CCOc1ccc(C(C)O)cc1Cn1ccnc1CC. The van der Waals surface area contributed by atoms with Gasteiger partial charge in [-0.05, 0) is 31.5 Å². The van der Waals surface area contributed by atoms with E-state index in [1.54, 1.807) is 6.92 Å². The second-order valence-electron chi connectivity index (χ2n) is 4.80. The fraction of sp³-hybridized carbons (Fsp3) is 0.438. The van der Waals surface area contributed by atoms with Crippen molar-refractivity contribution < 1.29 is 9.84 Å². The van der Waals surface area contributed by atoms with Crippen molar-refractivity contribution in [3.05, 3.63) is 47.5 Å². The van der Waals surface area contributed by atoms with Crippen molar-refractivity contribution in [1.29, 1.82) is 0 Å². The number of nitrogens with zero attached hydrogens (tertiary/aromatic N) is 2. The van der Waals surface area contributed by atoms with Crippen LogP contribution in [-0.4, -0.2) is 21.3 Å². The minimum absolute atomic E-state index is 0.474. The number of aliphatic hydroxyl groups is 1. The summed E-state index contributed by atoms with van der Waals surface area (Å²) in [4.78, 5) is 4.34. The molecule has 108 valence electrons. The van der Waals surface area contributed by atoms with Crippen LogP contribution in [0, 0.1) is 0 Å². The van der Waals surface area contributed by atoms with Gasteiger partial charge in [-0.15, -0.1) is 0 Å². The van der Waals surface area contributed by atoms with Crippen molar-refractivity contribution in [2.45, 2.75) is 39.8 Å². The molecule has 0 bridgehead atoms. The number of aromatic nitrogens is 2. The summed E-state index contributed by atoms with van der Waals surface area (Å²) in [6.07, 6.45) is 4.21. The van der Waals surface area contributed by atoms with Crippen molar-refractivity contribution in [2.75, 3.05) is 6.61 Å². The van der Waals surface area contributed by atoms with E-state index < -0.39 is 6.10 Å². The molecule has 0 amide bonds. The molecule has 20 heavy (non-hydrogen) atoms. The van der Waals surface area contributed by atoms with Crippen molar-refractivity contribution >= 4 is 0 Å². The van der Waals surface area contributed by atoms with Gasteiger partial charge in [0.1, 0.15) is 11.6 Å². The maximum absolute atomic E-state index is 9.74. The van der Waals surface area contributed by atoms with Gasteiger partial charge in [0.15, 0.2) is 0 Å². The topological polar surface area (TPSA) is 47.3 Å². The van der Waals surface area contributed by atoms with Crippen LogP contribution in [0.1, 0.15) is 43.8 Å². The fourth-order valence-electron chi connectivity index (χ4n) is 2.26. The lowest BCUT2D eigenvalue weighted by atomic mass is 10.1. The number of ether oxygens (including phenoxy) is 1. The monoisotopic (exact) mass is 274 g/mol. The normalized spacial score (nSPS) is 12.4. The number of aryl methyl sites for hydroxylation is 1. The molecule has 0 radical (unpaired) electrons.